The number of carbonyl (C=O) groups is 1. The molecule has 3 N–H and O–H groups in total. The molecule has 0 heterocycles. The molecule has 94 valence electrons. The zero-order chi connectivity index (χ0) is 12.8. The summed E-state index contributed by atoms with van der Waals surface area (Å²) in [5, 5.41) is 2.84. The minimum absolute atomic E-state index is 0.00922. The average molecular weight is 236 g/mol. The molecular weight excluding hydrogens is 216 g/mol. The maximum atomic E-state index is 11.9. The summed E-state index contributed by atoms with van der Waals surface area (Å²) < 4.78 is 5.10. The summed E-state index contributed by atoms with van der Waals surface area (Å²) in [6.07, 6.45) is 1.65. The van der Waals surface area contributed by atoms with E-state index in [2.05, 4.69) is 5.32 Å². The van der Waals surface area contributed by atoms with Crippen LogP contribution in [-0.2, 0) is 4.79 Å². The fourth-order valence-corrected chi connectivity index (χ4v) is 1.66. The second kappa shape index (κ2) is 6.13. The fraction of sp³-hybridized carbons (Fsp3) is 0.462. The Kier molecular flexibility index (Phi) is 4.82. The largest absolute Gasteiger partial charge is 0.497 e. The predicted octanol–water partition coefficient (Wildman–Crippen LogP) is 2.65. The number of ether oxygens (including phenoxy) is 1. The van der Waals surface area contributed by atoms with E-state index in [-0.39, 0.29) is 11.8 Å². The highest BCUT2D eigenvalue weighted by Gasteiger charge is 2.15. The predicted molar refractivity (Wildman–Crippen MR) is 70.1 cm³/mol. The summed E-state index contributed by atoms with van der Waals surface area (Å²) in [6.45, 7) is 4.01. The molecule has 0 saturated carbocycles. The van der Waals surface area contributed by atoms with Crippen LogP contribution in [0.5, 0.6) is 5.75 Å². The van der Waals surface area contributed by atoms with Gasteiger partial charge in [0.1, 0.15) is 5.75 Å². The van der Waals surface area contributed by atoms with Gasteiger partial charge in [-0.05, 0) is 25.0 Å². The van der Waals surface area contributed by atoms with Crippen LogP contribution in [0.25, 0.3) is 0 Å². The van der Waals surface area contributed by atoms with Crippen LogP contribution in [0, 0.1) is 5.92 Å². The second-order valence-corrected chi connectivity index (χ2v) is 3.96. The standard InChI is InChI=1S/C13H20N2O2/c1-4-9(5-2)13(16)15-12-8-10(17-3)6-7-11(12)14/h6-9H,4-5,14H2,1-3H3,(H,15,16). The van der Waals surface area contributed by atoms with Gasteiger partial charge < -0.3 is 15.8 Å². The van der Waals surface area contributed by atoms with Crippen LogP contribution in [0.3, 0.4) is 0 Å². The van der Waals surface area contributed by atoms with E-state index in [0.717, 1.165) is 12.8 Å². The molecule has 1 aromatic carbocycles. The van der Waals surface area contributed by atoms with Crippen molar-refractivity contribution in [3.05, 3.63) is 18.2 Å². The van der Waals surface area contributed by atoms with Gasteiger partial charge in [0, 0.05) is 12.0 Å². The van der Waals surface area contributed by atoms with E-state index in [0.29, 0.717) is 17.1 Å². The molecule has 0 bridgehead atoms. The number of benzene rings is 1. The van der Waals surface area contributed by atoms with E-state index in [4.69, 9.17) is 10.5 Å². The SMILES string of the molecule is CCC(CC)C(=O)Nc1cc(OC)ccc1N. The lowest BCUT2D eigenvalue weighted by atomic mass is 10.0. The third kappa shape index (κ3) is 3.37. The lowest BCUT2D eigenvalue weighted by Gasteiger charge is -2.14. The first kappa shape index (κ1) is 13.4. The molecule has 17 heavy (non-hydrogen) atoms. The number of nitrogen functional groups attached to an aromatic ring is 1. The number of hydrogen-bond donors (Lipinski definition) is 2. The van der Waals surface area contributed by atoms with Crippen LogP contribution >= 0.6 is 0 Å². The van der Waals surface area contributed by atoms with Crippen LogP contribution in [-0.4, -0.2) is 13.0 Å². The number of amides is 1. The van der Waals surface area contributed by atoms with E-state index in [1.807, 2.05) is 13.8 Å². The van der Waals surface area contributed by atoms with Gasteiger partial charge in [-0.1, -0.05) is 13.8 Å². The molecule has 1 rings (SSSR count). The smallest absolute Gasteiger partial charge is 0.227 e. The molecule has 0 fully saturated rings. The third-order valence-electron chi connectivity index (χ3n) is 2.87. The van der Waals surface area contributed by atoms with Crippen molar-refractivity contribution in [3.8, 4) is 5.75 Å². The molecule has 0 spiro atoms. The van der Waals surface area contributed by atoms with Gasteiger partial charge in [0.2, 0.25) is 5.91 Å². The van der Waals surface area contributed by atoms with Gasteiger partial charge in [0.15, 0.2) is 0 Å². The quantitative estimate of drug-likeness (QED) is 0.772. The fourth-order valence-electron chi connectivity index (χ4n) is 1.66. The molecule has 0 atom stereocenters. The van der Waals surface area contributed by atoms with Crippen LogP contribution in [0.15, 0.2) is 18.2 Å². The number of carbonyl (C=O) groups excluding carboxylic acids is 1. The Hall–Kier alpha value is -1.71. The number of nitrogens with two attached hydrogens (primary N) is 1. The number of rotatable bonds is 5. The minimum atomic E-state index is 0.00922. The maximum Gasteiger partial charge on any atom is 0.227 e. The van der Waals surface area contributed by atoms with Crippen LogP contribution in [0.4, 0.5) is 11.4 Å². The van der Waals surface area contributed by atoms with E-state index in [1.54, 1.807) is 25.3 Å². The van der Waals surface area contributed by atoms with Crippen molar-refractivity contribution in [2.45, 2.75) is 26.7 Å². The minimum Gasteiger partial charge on any atom is -0.497 e. The summed E-state index contributed by atoms with van der Waals surface area (Å²) >= 11 is 0. The normalized spacial score (nSPS) is 10.4. The monoisotopic (exact) mass is 236 g/mol. The van der Waals surface area contributed by atoms with Crippen LogP contribution in [0.2, 0.25) is 0 Å². The molecule has 1 aromatic rings. The highest BCUT2D eigenvalue weighted by atomic mass is 16.5. The van der Waals surface area contributed by atoms with Gasteiger partial charge in [-0.25, -0.2) is 0 Å². The molecule has 0 saturated heterocycles. The van der Waals surface area contributed by atoms with Crippen molar-refractivity contribution >= 4 is 17.3 Å². The highest BCUT2D eigenvalue weighted by Crippen LogP contribution is 2.25. The lowest BCUT2D eigenvalue weighted by Crippen LogP contribution is -2.22. The zero-order valence-corrected chi connectivity index (χ0v) is 10.6. The number of nitrogens with one attached hydrogen (secondary N) is 1. The van der Waals surface area contributed by atoms with Crippen LogP contribution in [0.1, 0.15) is 26.7 Å². The maximum absolute atomic E-state index is 11.9. The first-order valence-corrected chi connectivity index (χ1v) is 5.86. The molecule has 0 unspecified atom stereocenters. The van der Waals surface area contributed by atoms with E-state index >= 15 is 0 Å². The van der Waals surface area contributed by atoms with E-state index < -0.39 is 0 Å². The van der Waals surface area contributed by atoms with Crippen molar-refractivity contribution in [1.29, 1.82) is 0 Å². The van der Waals surface area contributed by atoms with Crippen molar-refractivity contribution in [1.82, 2.24) is 0 Å². The molecule has 0 aliphatic rings. The summed E-state index contributed by atoms with van der Waals surface area (Å²) in [6, 6.07) is 5.22. The molecule has 0 radical (unpaired) electrons. The summed E-state index contributed by atoms with van der Waals surface area (Å²) in [5.41, 5.74) is 6.96. The zero-order valence-electron chi connectivity index (χ0n) is 10.6. The average Bonchev–Trinajstić information content (AvgIpc) is 2.33. The van der Waals surface area contributed by atoms with Crippen LogP contribution < -0.4 is 15.8 Å². The van der Waals surface area contributed by atoms with Crippen molar-refractivity contribution in [2.75, 3.05) is 18.2 Å². The van der Waals surface area contributed by atoms with Gasteiger partial charge in [0.25, 0.3) is 0 Å². The Bertz CT molecular complexity index is 387. The summed E-state index contributed by atoms with van der Waals surface area (Å²) in [4.78, 5) is 11.9. The molecule has 0 aliphatic heterocycles. The van der Waals surface area contributed by atoms with Crippen molar-refractivity contribution in [2.24, 2.45) is 5.92 Å². The molecule has 1 amide bonds. The Morgan fingerprint density at radius 2 is 2.06 bits per heavy atom. The van der Waals surface area contributed by atoms with Gasteiger partial charge in [-0.15, -0.1) is 0 Å². The van der Waals surface area contributed by atoms with Gasteiger partial charge in [0.05, 0.1) is 18.5 Å². The summed E-state index contributed by atoms with van der Waals surface area (Å²) in [5.74, 6) is 0.717. The second-order valence-electron chi connectivity index (χ2n) is 3.96. The van der Waals surface area contributed by atoms with Gasteiger partial charge in [-0.2, -0.15) is 0 Å². The topological polar surface area (TPSA) is 64.3 Å². The molecule has 0 aliphatic carbocycles. The van der Waals surface area contributed by atoms with E-state index in [9.17, 15) is 4.79 Å². The Morgan fingerprint density at radius 3 is 2.59 bits per heavy atom. The number of hydrogen-bond acceptors (Lipinski definition) is 3. The van der Waals surface area contributed by atoms with Gasteiger partial charge in [-0.3, -0.25) is 4.79 Å². The van der Waals surface area contributed by atoms with Crippen molar-refractivity contribution < 1.29 is 9.53 Å². The molecule has 4 nitrogen and oxygen atoms in total. The number of anilines is 2. The Balaban J connectivity index is 2.83. The Morgan fingerprint density at radius 1 is 1.41 bits per heavy atom. The first-order chi connectivity index (χ1) is 8.12. The van der Waals surface area contributed by atoms with Crippen molar-refractivity contribution in [3.63, 3.8) is 0 Å². The lowest BCUT2D eigenvalue weighted by molar-refractivity contribution is -0.120. The summed E-state index contributed by atoms with van der Waals surface area (Å²) in [7, 11) is 1.58. The molecular formula is C13H20N2O2. The number of methoxy groups -OCH3 is 1. The van der Waals surface area contributed by atoms with Gasteiger partial charge >= 0.3 is 0 Å². The Labute approximate surface area is 102 Å². The third-order valence-corrected chi connectivity index (χ3v) is 2.87. The highest BCUT2D eigenvalue weighted by molar-refractivity contribution is 5.95. The molecule has 4 heteroatoms. The molecule has 0 aromatic heterocycles. The van der Waals surface area contributed by atoms with E-state index in [1.165, 1.54) is 0 Å². The first-order valence-electron chi connectivity index (χ1n) is 5.86.